The molecule has 1 N–H and O–H groups in total. The van der Waals surface area contributed by atoms with Gasteiger partial charge in [-0.3, -0.25) is 14.5 Å². The van der Waals surface area contributed by atoms with Gasteiger partial charge in [0.2, 0.25) is 0 Å². The number of benzene rings is 2. The first kappa shape index (κ1) is 21.4. The summed E-state index contributed by atoms with van der Waals surface area (Å²) in [4.78, 5) is 27.9. The van der Waals surface area contributed by atoms with Crippen LogP contribution in [-0.2, 0) is 9.59 Å². The van der Waals surface area contributed by atoms with Crippen molar-refractivity contribution in [1.82, 2.24) is 4.90 Å². The number of aryl methyl sites for hydroxylation is 2. The summed E-state index contributed by atoms with van der Waals surface area (Å²) < 4.78 is 10.7. The van der Waals surface area contributed by atoms with Crippen molar-refractivity contribution in [2.75, 3.05) is 26.1 Å². The van der Waals surface area contributed by atoms with Crippen molar-refractivity contribution < 1.29 is 19.1 Å². The first-order chi connectivity index (χ1) is 14.3. The van der Waals surface area contributed by atoms with Crippen molar-refractivity contribution in [3.63, 3.8) is 0 Å². The number of rotatable bonds is 7. The molecular weight excluding hydrogens is 380 g/mol. The Bertz CT molecular complexity index is 1020. The number of ether oxygens (including phenoxy) is 2. The number of nitrogens with zero attached hydrogens (tertiary/aromatic N) is 1. The van der Waals surface area contributed by atoms with Crippen LogP contribution in [0.15, 0.2) is 42.1 Å². The predicted molar refractivity (Wildman–Crippen MR) is 118 cm³/mol. The number of nitrogens with one attached hydrogen (secondary N) is 1. The van der Waals surface area contributed by atoms with Gasteiger partial charge in [-0.05, 0) is 43.0 Å². The lowest BCUT2D eigenvalue weighted by atomic mass is 9.97. The molecule has 6 nitrogen and oxygen atoms in total. The van der Waals surface area contributed by atoms with Gasteiger partial charge >= 0.3 is 0 Å². The van der Waals surface area contributed by atoms with E-state index in [4.69, 9.17) is 9.47 Å². The topological polar surface area (TPSA) is 67.9 Å². The third kappa shape index (κ3) is 4.03. The second kappa shape index (κ2) is 8.61. The molecule has 1 aliphatic rings. The summed E-state index contributed by atoms with van der Waals surface area (Å²) in [5.41, 5.74) is 4.02. The van der Waals surface area contributed by atoms with Gasteiger partial charge in [0.25, 0.3) is 11.8 Å². The fourth-order valence-electron chi connectivity index (χ4n) is 3.60. The van der Waals surface area contributed by atoms with Crippen LogP contribution in [0.25, 0.3) is 5.57 Å². The molecule has 2 aromatic rings. The standard InChI is InChI=1S/C24H28N2O4/c1-14(2)13-26-23(27)21(18-9-7-15(3)11-16(18)4)22(24(26)28)25-19-10-8-17(29-5)12-20(19)30-6/h7-12,14,25H,13H2,1-6H3. The van der Waals surface area contributed by atoms with Crippen molar-refractivity contribution in [2.45, 2.75) is 27.7 Å². The minimum atomic E-state index is -0.332. The van der Waals surface area contributed by atoms with Gasteiger partial charge in [-0.25, -0.2) is 0 Å². The van der Waals surface area contributed by atoms with Crippen LogP contribution in [-0.4, -0.2) is 37.5 Å². The Labute approximate surface area is 177 Å². The number of hydrogen-bond donors (Lipinski definition) is 1. The highest BCUT2D eigenvalue weighted by Crippen LogP contribution is 2.36. The lowest BCUT2D eigenvalue weighted by Crippen LogP contribution is -2.35. The molecular formula is C24H28N2O4. The number of methoxy groups -OCH3 is 2. The molecule has 0 spiro atoms. The molecule has 158 valence electrons. The molecule has 0 aromatic heterocycles. The van der Waals surface area contributed by atoms with E-state index in [9.17, 15) is 9.59 Å². The maximum absolute atomic E-state index is 13.3. The molecule has 0 bridgehead atoms. The van der Waals surface area contributed by atoms with Crippen LogP contribution in [0.4, 0.5) is 5.69 Å². The highest BCUT2D eigenvalue weighted by Gasteiger charge is 2.40. The maximum Gasteiger partial charge on any atom is 0.278 e. The minimum absolute atomic E-state index is 0.160. The van der Waals surface area contributed by atoms with Crippen LogP contribution in [0.2, 0.25) is 0 Å². The molecule has 6 heteroatoms. The molecule has 0 saturated carbocycles. The molecule has 0 aliphatic carbocycles. The van der Waals surface area contributed by atoms with Crippen LogP contribution in [0.1, 0.15) is 30.5 Å². The molecule has 0 radical (unpaired) electrons. The smallest absolute Gasteiger partial charge is 0.278 e. The fraction of sp³-hybridized carbons (Fsp3) is 0.333. The summed E-state index contributed by atoms with van der Waals surface area (Å²) in [6, 6.07) is 11.1. The maximum atomic E-state index is 13.3. The number of anilines is 1. The number of carbonyl (C=O) groups is 2. The van der Waals surface area contributed by atoms with E-state index in [1.807, 2.05) is 45.9 Å². The van der Waals surface area contributed by atoms with Gasteiger partial charge in [-0.2, -0.15) is 0 Å². The van der Waals surface area contributed by atoms with Crippen molar-refractivity contribution >= 4 is 23.1 Å². The zero-order chi connectivity index (χ0) is 22.0. The SMILES string of the molecule is COc1ccc(NC2=C(c3ccc(C)cc3C)C(=O)N(CC(C)C)C2=O)c(OC)c1. The summed E-state index contributed by atoms with van der Waals surface area (Å²) in [6.07, 6.45) is 0. The van der Waals surface area contributed by atoms with E-state index < -0.39 is 0 Å². The Hall–Kier alpha value is -3.28. The van der Waals surface area contributed by atoms with Gasteiger partial charge in [0.05, 0.1) is 25.5 Å². The van der Waals surface area contributed by atoms with Crippen LogP contribution in [0.3, 0.4) is 0 Å². The van der Waals surface area contributed by atoms with Gasteiger partial charge in [0.1, 0.15) is 17.2 Å². The van der Waals surface area contributed by atoms with E-state index in [1.54, 1.807) is 32.4 Å². The normalized spacial score (nSPS) is 14.0. The molecule has 2 amide bonds. The summed E-state index contributed by atoms with van der Waals surface area (Å²) >= 11 is 0. The van der Waals surface area contributed by atoms with Gasteiger partial charge < -0.3 is 14.8 Å². The van der Waals surface area contributed by atoms with Crippen molar-refractivity contribution in [3.05, 3.63) is 58.8 Å². The summed E-state index contributed by atoms with van der Waals surface area (Å²) in [6.45, 7) is 8.27. The minimum Gasteiger partial charge on any atom is -0.497 e. The van der Waals surface area contributed by atoms with E-state index in [1.165, 1.54) is 4.90 Å². The average Bonchev–Trinajstić information content (AvgIpc) is 2.92. The zero-order valence-electron chi connectivity index (χ0n) is 18.3. The van der Waals surface area contributed by atoms with Crippen molar-refractivity contribution in [3.8, 4) is 11.5 Å². The second-order valence-electron chi connectivity index (χ2n) is 7.87. The fourth-order valence-corrected chi connectivity index (χ4v) is 3.60. The predicted octanol–water partition coefficient (Wildman–Crippen LogP) is 4.17. The van der Waals surface area contributed by atoms with E-state index in [0.29, 0.717) is 29.3 Å². The number of imide groups is 1. The molecule has 0 unspecified atom stereocenters. The molecule has 30 heavy (non-hydrogen) atoms. The van der Waals surface area contributed by atoms with Gasteiger partial charge in [0, 0.05) is 12.6 Å². The molecule has 3 rings (SSSR count). The highest BCUT2D eigenvalue weighted by atomic mass is 16.5. The number of carbonyl (C=O) groups excluding carboxylic acids is 2. The van der Waals surface area contributed by atoms with Crippen LogP contribution in [0.5, 0.6) is 11.5 Å². The summed E-state index contributed by atoms with van der Waals surface area (Å²) in [5.74, 6) is 0.700. The lowest BCUT2D eigenvalue weighted by molar-refractivity contribution is -0.137. The van der Waals surface area contributed by atoms with Crippen LogP contribution >= 0.6 is 0 Å². The molecule has 1 heterocycles. The third-order valence-electron chi connectivity index (χ3n) is 5.04. The van der Waals surface area contributed by atoms with E-state index >= 15 is 0 Å². The Morgan fingerprint density at radius 2 is 1.70 bits per heavy atom. The van der Waals surface area contributed by atoms with Crippen molar-refractivity contribution in [1.29, 1.82) is 0 Å². The highest BCUT2D eigenvalue weighted by molar-refractivity contribution is 6.36. The Balaban J connectivity index is 2.13. The molecule has 0 atom stereocenters. The Kier molecular flexibility index (Phi) is 6.15. The first-order valence-electron chi connectivity index (χ1n) is 9.94. The lowest BCUT2D eigenvalue weighted by Gasteiger charge is -2.18. The summed E-state index contributed by atoms with van der Waals surface area (Å²) in [7, 11) is 3.12. The molecule has 1 aliphatic heterocycles. The summed E-state index contributed by atoms with van der Waals surface area (Å²) in [5, 5.41) is 3.17. The molecule has 2 aromatic carbocycles. The molecule has 0 saturated heterocycles. The Morgan fingerprint density at radius 1 is 0.967 bits per heavy atom. The van der Waals surface area contributed by atoms with E-state index in [2.05, 4.69) is 5.32 Å². The monoisotopic (exact) mass is 408 g/mol. The first-order valence-corrected chi connectivity index (χ1v) is 9.94. The van der Waals surface area contributed by atoms with Gasteiger partial charge in [-0.15, -0.1) is 0 Å². The number of amides is 2. The zero-order valence-corrected chi connectivity index (χ0v) is 18.3. The Morgan fingerprint density at radius 3 is 2.30 bits per heavy atom. The van der Waals surface area contributed by atoms with Crippen molar-refractivity contribution in [2.24, 2.45) is 5.92 Å². The number of hydrogen-bond acceptors (Lipinski definition) is 5. The molecule has 0 fully saturated rings. The van der Waals surface area contributed by atoms with Crippen LogP contribution < -0.4 is 14.8 Å². The quantitative estimate of drug-likeness (QED) is 0.697. The largest absolute Gasteiger partial charge is 0.497 e. The third-order valence-corrected chi connectivity index (χ3v) is 5.04. The van der Waals surface area contributed by atoms with E-state index in [-0.39, 0.29) is 23.4 Å². The van der Waals surface area contributed by atoms with E-state index in [0.717, 1.165) is 16.7 Å². The van der Waals surface area contributed by atoms with Gasteiger partial charge in [0.15, 0.2) is 0 Å². The van der Waals surface area contributed by atoms with Gasteiger partial charge in [-0.1, -0.05) is 37.6 Å². The average molecular weight is 408 g/mol. The second-order valence-corrected chi connectivity index (χ2v) is 7.87. The van der Waals surface area contributed by atoms with Crippen LogP contribution in [0, 0.1) is 19.8 Å².